The lowest BCUT2D eigenvalue weighted by Crippen LogP contribution is -1.95. The van der Waals surface area contributed by atoms with Gasteiger partial charge in [0, 0.05) is 22.7 Å². The summed E-state index contributed by atoms with van der Waals surface area (Å²) >= 11 is 1.63. The first-order valence-corrected chi connectivity index (χ1v) is 7.39. The molecule has 0 bridgehead atoms. The van der Waals surface area contributed by atoms with Crippen molar-refractivity contribution in [3.8, 4) is 11.8 Å². The van der Waals surface area contributed by atoms with E-state index < -0.39 is 0 Å². The summed E-state index contributed by atoms with van der Waals surface area (Å²) in [5, 5.41) is 0.809. The van der Waals surface area contributed by atoms with E-state index in [0.29, 0.717) is 6.54 Å². The highest BCUT2D eigenvalue weighted by atomic mass is 32.2. The Balaban J connectivity index is 2.14. The summed E-state index contributed by atoms with van der Waals surface area (Å²) in [5.41, 5.74) is 9.62. The summed E-state index contributed by atoms with van der Waals surface area (Å²) in [6.45, 7) is 4.35. The van der Waals surface area contributed by atoms with Crippen LogP contribution in [0, 0.1) is 25.7 Å². The molecule has 0 saturated heterocycles. The van der Waals surface area contributed by atoms with E-state index in [0.717, 1.165) is 27.9 Å². The van der Waals surface area contributed by atoms with Crippen LogP contribution in [0.3, 0.4) is 0 Å². The van der Waals surface area contributed by atoms with Gasteiger partial charge in [0.2, 0.25) is 0 Å². The third-order valence-corrected chi connectivity index (χ3v) is 3.56. The van der Waals surface area contributed by atoms with E-state index in [-0.39, 0.29) is 0 Å². The summed E-state index contributed by atoms with van der Waals surface area (Å²) in [6, 6.07) is 10.1. The molecule has 0 aliphatic heterocycles. The van der Waals surface area contributed by atoms with Gasteiger partial charge in [0.05, 0.1) is 6.54 Å². The smallest absolute Gasteiger partial charge is 0.188 e. The molecule has 0 fully saturated rings. The first-order chi connectivity index (χ1) is 9.69. The van der Waals surface area contributed by atoms with E-state index >= 15 is 0 Å². The highest BCUT2D eigenvalue weighted by Gasteiger charge is 2.04. The maximum absolute atomic E-state index is 5.43. The third kappa shape index (κ3) is 4.09. The number of benzene rings is 1. The zero-order valence-corrected chi connectivity index (χ0v) is 12.5. The van der Waals surface area contributed by atoms with Crippen molar-refractivity contribution in [3.05, 3.63) is 52.8 Å². The van der Waals surface area contributed by atoms with Gasteiger partial charge in [-0.1, -0.05) is 41.8 Å². The van der Waals surface area contributed by atoms with Crippen LogP contribution in [0.25, 0.3) is 0 Å². The molecule has 0 radical (unpaired) electrons. The molecular formula is C16H17N3S. The molecule has 0 atom stereocenters. The topological polar surface area (TPSA) is 51.8 Å². The Morgan fingerprint density at radius 1 is 1.15 bits per heavy atom. The number of nitrogens with two attached hydrogens (primary N) is 1. The van der Waals surface area contributed by atoms with E-state index in [1.165, 1.54) is 5.56 Å². The molecule has 20 heavy (non-hydrogen) atoms. The normalized spacial score (nSPS) is 9.95. The van der Waals surface area contributed by atoms with Crippen molar-refractivity contribution in [1.82, 2.24) is 9.97 Å². The molecule has 0 unspecified atom stereocenters. The Morgan fingerprint density at radius 3 is 2.55 bits per heavy atom. The predicted octanol–water partition coefficient (Wildman–Crippen LogP) is 2.70. The Morgan fingerprint density at radius 2 is 1.85 bits per heavy atom. The van der Waals surface area contributed by atoms with Gasteiger partial charge in [0.15, 0.2) is 5.16 Å². The first-order valence-electron chi connectivity index (χ1n) is 6.41. The summed E-state index contributed by atoms with van der Waals surface area (Å²) in [5.74, 6) is 6.81. The van der Waals surface area contributed by atoms with Gasteiger partial charge < -0.3 is 5.73 Å². The summed E-state index contributed by atoms with van der Waals surface area (Å²) in [6.07, 6.45) is 0. The van der Waals surface area contributed by atoms with Crippen LogP contribution < -0.4 is 5.73 Å². The minimum atomic E-state index is 0.377. The molecule has 1 heterocycles. The molecule has 2 rings (SSSR count). The number of aryl methyl sites for hydroxylation is 2. The summed E-state index contributed by atoms with van der Waals surface area (Å²) in [7, 11) is 0. The Labute approximate surface area is 124 Å². The summed E-state index contributed by atoms with van der Waals surface area (Å²) < 4.78 is 0. The van der Waals surface area contributed by atoms with Gasteiger partial charge >= 0.3 is 0 Å². The first kappa shape index (κ1) is 14.6. The monoisotopic (exact) mass is 283 g/mol. The maximum atomic E-state index is 5.43. The number of thioether (sulfide) groups is 1. The van der Waals surface area contributed by atoms with E-state index in [1.807, 2.05) is 38.1 Å². The highest BCUT2D eigenvalue weighted by Crippen LogP contribution is 2.21. The van der Waals surface area contributed by atoms with Gasteiger partial charge in [-0.05, 0) is 31.5 Å². The molecule has 2 N–H and O–H groups in total. The second kappa shape index (κ2) is 7.09. The Hall–Kier alpha value is -1.83. The van der Waals surface area contributed by atoms with E-state index in [9.17, 15) is 0 Å². The van der Waals surface area contributed by atoms with Gasteiger partial charge in [-0.25, -0.2) is 9.97 Å². The number of rotatable bonds is 3. The number of nitrogens with zero attached hydrogens (tertiary/aromatic N) is 2. The quantitative estimate of drug-likeness (QED) is 0.534. The van der Waals surface area contributed by atoms with Crippen LogP contribution in [0.2, 0.25) is 0 Å². The fourth-order valence-electron chi connectivity index (χ4n) is 1.81. The molecule has 0 aliphatic rings. The summed E-state index contributed by atoms with van der Waals surface area (Å²) in [4.78, 5) is 8.87. The number of hydrogen-bond donors (Lipinski definition) is 1. The van der Waals surface area contributed by atoms with Crippen LogP contribution in [0.4, 0.5) is 0 Å². The van der Waals surface area contributed by atoms with Gasteiger partial charge in [0.1, 0.15) is 0 Å². The number of aromatic nitrogens is 2. The lowest BCUT2D eigenvalue weighted by molar-refractivity contribution is 0.902. The minimum Gasteiger partial charge on any atom is -0.320 e. The van der Waals surface area contributed by atoms with Crippen molar-refractivity contribution in [1.29, 1.82) is 0 Å². The predicted molar refractivity (Wildman–Crippen MR) is 83.4 cm³/mol. The van der Waals surface area contributed by atoms with Gasteiger partial charge in [0.25, 0.3) is 0 Å². The lowest BCUT2D eigenvalue weighted by atomic mass is 10.1. The molecule has 1 aromatic heterocycles. The van der Waals surface area contributed by atoms with E-state index in [4.69, 9.17) is 5.73 Å². The van der Waals surface area contributed by atoms with Crippen molar-refractivity contribution >= 4 is 11.8 Å². The molecule has 0 aliphatic carbocycles. The molecule has 0 saturated carbocycles. The van der Waals surface area contributed by atoms with Crippen LogP contribution in [0.1, 0.15) is 22.5 Å². The van der Waals surface area contributed by atoms with Crippen LogP contribution in [-0.2, 0) is 5.75 Å². The zero-order chi connectivity index (χ0) is 14.4. The average Bonchev–Trinajstić information content (AvgIpc) is 2.43. The van der Waals surface area contributed by atoms with Crippen LogP contribution in [0.15, 0.2) is 35.5 Å². The fourth-order valence-corrected chi connectivity index (χ4v) is 2.77. The SMILES string of the molecule is Cc1cc(C)nc(SCc2ccccc2C#CCN)n1. The molecule has 102 valence electrons. The Kier molecular flexibility index (Phi) is 5.16. The van der Waals surface area contributed by atoms with Crippen molar-refractivity contribution in [2.45, 2.75) is 24.8 Å². The maximum Gasteiger partial charge on any atom is 0.188 e. The van der Waals surface area contributed by atoms with Gasteiger partial charge in [-0.3, -0.25) is 0 Å². The van der Waals surface area contributed by atoms with Crippen LogP contribution >= 0.6 is 11.8 Å². The lowest BCUT2D eigenvalue weighted by Gasteiger charge is -2.05. The minimum absolute atomic E-state index is 0.377. The van der Waals surface area contributed by atoms with Crippen molar-refractivity contribution < 1.29 is 0 Å². The second-order valence-corrected chi connectivity index (χ2v) is 5.33. The molecule has 3 nitrogen and oxygen atoms in total. The van der Waals surface area contributed by atoms with Gasteiger partial charge in [-0.2, -0.15) is 0 Å². The van der Waals surface area contributed by atoms with Crippen molar-refractivity contribution in [2.75, 3.05) is 6.54 Å². The average molecular weight is 283 g/mol. The van der Waals surface area contributed by atoms with Crippen LogP contribution in [-0.4, -0.2) is 16.5 Å². The third-order valence-electron chi connectivity index (χ3n) is 2.66. The molecule has 4 heteroatoms. The molecular weight excluding hydrogens is 266 g/mol. The molecule has 2 aromatic rings. The molecule has 1 aromatic carbocycles. The molecule has 0 amide bonds. The van der Waals surface area contributed by atoms with Crippen molar-refractivity contribution in [3.63, 3.8) is 0 Å². The second-order valence-electron chi connectivity index (χ2n) is 4.39. The largest absolute Gasteiger partial charge is 0.320 e. The Bertz CT molecular complexity index is 636. The van der Waals surface area contributed by atoms with E-state index in [2.05, 4.69) is 27.9 Å². The van der Waals surface area contributed by atoms with Crippen molar-refractivity contribution in [2.24, 2.45) is 5.73 Å². The molecule has 0 spiro atoms. The van der Waals surface area contributed by atoms with Gasteiger partial charge in [-0.15, -0.1) is 0 Å². The fraction of sp³-hybridized carbons (Fsp3) is 0.250. The number of hydrogen-bond acceptors (Lipinski definition) is 4. The zero-order valence-electron chi connectivity index (χ0n) is 11.7. The highest BCUT2D eigenvalue weighted by molar-refractivity contribution is 7.98. The van der Waals surface area contributed by atoms with Crippen LogP contribution in [0.5, 0.6) is 0 Å². The van der Waals surface area contributed by atoms with E-state index in [1.54, 1.807) is 11.8 Å². The standard InChI is InChI=1S/C16H17N3S/c1-12-10-13(2)19-16(18-12)20-11-15-7-4-3-6-14(15)8-5-9-17/h3-4,6-7,10H,9,11,17H2,1-2H3.